The zero-order valence-electron chi connectivity index (χ0n) is 11.2. The molecular weight excluding hydrogens is 245 g/mol. The van der Waals surface area contributed by atoms with Gasteiger partial charge in [-0.05, 0) is 43.6 Å². The van der Waals surface area contributed by atoms with E-state index in [0.717, 1.165) is 26.1 Å². The molecule has 0 spiro atoms. The van der Waals surface area contributed by atoms with Gasteiger partial charge >= 0.3 is 0 Å². The molecule has 19 heavy (non-hydrogen) atoms. The third kappa shape index (κ3) is 3.44. The standard InChI is InChI=1S/C14H20FN3O/c1-2-18-6-5-10(9-18)8-17-14(19)12-7-11(16)3-4-13(12)15/h3-4,7,10H,2,5-6,8-9,16H2,1H3,(H,17,19). The molecule has 1 fully saturated rings. The highest BCUT2D eigenvalue weighted by Crippen LogP contribution is 2.16. The SMILES string of the molecule is CCN1CCC(CNC(=O)c2cc(N)ccc2F)C1. The van der Waals surface area contributed by atoms with E-state index in [4.69, 9.17) is 5.73 Å². The van der Waals surface area contributed by atoms with Gasteiger partial charge in [-0.3, -0.25) is 4.79 Å². The van der Waals surface area contributed by atoms with Crippen molar-refractivity contribution in [2.24, 2.45) is 5.92 Å². The van der Waals surface area contributed by atoms with Gasteiger partial charge in [-0.1, -0.05) is 6.92 Å². The summed E-state index contributed by atoms with van der Waals surface area (Å²) in [6, 6.07) is 4.04. The molecule has 1 saturated heterocycles. The number of nitrogens with zero attached hydrogens (tertiary/aromatic N) is 1. The predicted molar refractivity (Wildman–Crippen MR) is 73.4 cm³/mol. The van der Waals surface area contributed by atoms with Crippen molar-refractivity contribution in [1.29, 1.82) is 0 Å². The van der Waals surface area contributed by atoms with Gasteiger partial charge < -0.3 is 16.0 Å². The first kappa shape index (κ1) is 13.8. The molecule has 104 valence electrons. The number of carbonyl (C=O) groups excluding carboxylic acids is 1. The number of hydrogen-bond donors (Lipinski definition) is 2. The summed E-state index contributed by atoms with van der Waals surface area (Å²) >= 11 is 0. The summed E-state index contributed by atoms with van der Waals surface area (Å²) in [6.45, 7) is 5.82. The fourth-order valence-corrected chi connectivity index (χ4v) is 2.42. The average Bonchev–Trinajstić information content (AvgIpc) is 2.87. The van der Waals surface area contributed by atoms with Crippen LogP contribution in [-0.4, -0.2) is 37.0 Å². The monoisotopic (exact) mass is 265 g/mol. The lowest BCUT2D eigenvalue weighted by molar-refractivity contribution is 0.0943. The quantitative estimate of drug-likeness (QED) is 0.811. The smallest absolute Gasteiger partial charge is 0.254 e. The molecule has 0 radical (unpaired) electrons. The number of amides is 1. The van der Waals surface area contributed by atoms with Crippen LogP contribution in [0.3, 0.4) is 0 Å². The van der Waals surface area contributed by atoms with Gasteiger partial charge in [0.1, 0.15) is 5.82 Å². The lowest BCUT2D eigenvalue weighted by Gasteiger charge is -2.14. The van der Waals surface area contributed by atoms with Gasteiger partial charge in [0.25, 0.3) is 5.91 Å². The topological polar surface area (TPSA) is 58.4 Å². The Kier molecular flexibility index (Phi) is 4.37. The zero-order chi connectivity index (χ0) is 13.8. The van der Waals surface area contributed by atoms with Crippen molar-refractivity contribution in [3.8, 4) is 0 Å². The fraction of sp³-hybridized carbons (Fsp3) is 0.500. The molecule has 0 saturated carbocycles. The molecule has 0 bridgehead atoms. The van der Waals surface area contributed by atoms with E-state index in [1.165, 1.54) is 18.2 Å². The minimum Gasteiger partial charge on any atom is -0.399 e. The lowest BCUT2D eigenvalue weighted by atomic mass is 10.1. The first-order valence-electron chi connectivity index (χ1n) is 6.65. The van der Waals surface area contributed by atoms with E-state index in [0.29, 0.717) is 18.2 Å². The number of hydrogen-bond acceptors (Lipinski definition) is 3. The molecule has 1 unspecified atom stereocenters. The molecule has 5 heteroatoms. The number of carbonyl (C=O) groups is 1. The van der Waals surface area contributed by atoms with Crippen molar-refractivity contribution >= 4 is 11.6 Å². The fourth-order valence-electron chi connectivity index (χ4n) is 2.42. The highest BCUT2D eigenvalue weighted by Gasteiger charge is 2.22. The summed E-state index contributed by atoms with van der Waals surface area (Å²) in [7, 11) is 0. The minimum atomic E-state index is -0.534. The van der Waals surface area contributed by atoms with E-state index in [1.807, 2.05) is 0 Å². The second-order valence-corrected chi connectivity index (χ2v) is 5.00. The highest BCUT2D eigenvalue weighted by molar-refractivity contribution is 5.95. The first-order valence-corrected chi connectivity index (χ1v) is 6.65. The van der Waals surface area contributed by atoms with Crippen LogP contribution in [0.2, 0.25) is 0 Å². The number of halogens is 1. The number of anilines is 1. The van der Waals surface area contributed by atoms with Gasteiger partial charge in [-0.2, -0.15) is 0 Å². The van der Waals surface area contributed by atoms with Crippen LogP contribution in [0.1, 0.15) is 23.7 Å². The number of nitrogens with one attached hydrogen (secondary N) is 1. The van der Waals surface area contributed by atoms with Crippen LogP contribution in [0.15, 0.2) is 18.2 Å². The van der Waals surface area contributed by atoms with E-state index in [2.05, 4.69) is 17.1 Å². The van der Waals surface area contributed by atoms with Crippen LogP contribution in [0.5, 0.6) is 0 Å². The molecule has 1 aliphatic rings. The summed E-state index contributed by atoms with van der Waals surface area (Å²) in [5.74, 6) is -0.471. The molecule has 0 aliphatic carbocycles. The Morgan fingerprint density at radius 2 is 2.37 bits per heavy atom. The molecule has 1 aromatic carbocycles. The van der Waals surface area contributed by atoms with Crippen LogP contribution in [0.4, 0.5) is 10.1 Å². The Hall–Kier alpha value is -1.62. The Bertz CT molecular complexity index is 464. The van der Waals surface area contributed by atoms with Crippen molar-refractivity contribution in [3.63, 3.8) is 0 Å². The maximum absolute atomic E-state index is 13.5. The Labute approximate surface area is 112 Å². The summed E-state index contributed by atoms with van der Waals surface area (Å²) in [5.41, 5.74) is 5.98. The average molecular weight is 265 g/mol. The van der Waals surface area contributed by atoms with Crippen LogP contribution in [0, 0.1) is 11.7 Å². The molecule has 1 aliphatic heterocycles. The molecule has 1 amide bonds. The maximum Gasteiger partial charge on any atom is 0.254 e. The normalized spacial score (nSPS) is 19.6. The number of nitrogen functional groups attached to an aromatic ring is 1. The van der Waals surface area contributed by atoms with Gasteiger partial charge in [0, 0.05) is 18.8 Å². The number of benzene rings is 1. The Morgan fingerprint density at radius 3 is 3.05 bits per heavy atom. The van der Waals surface area contributed by atoms with Gasteiger partial charge in [-0.25, -0.2) is 4.39 Å². The molecule has 1 heterocycles. The van der Waals surface area contributed by atoms with Gasteiger partial charge in [0.05, 0.1) is 5.56 Å². The Balaban J connectivity index is 1.89. The van der Waals surface area contributed by atoms with E-state index in [9.17, 15) is 9.18 Å². The summed E-state index contributed by atoms with van der Waals surface area (Å²) in [4.78, 5) is 14.3. The van der Waals surface area contributed by atoms with E-state index in [-0.39, 0.29) is 11.5 Å². The van der Waals surface area contributed by atoms with Gasteiger partial charge in [0.2, 0.25) is 0 Å². The van der Waals surface area contributed by atoms with Gasteiger partial charge in [0.15, 0.2) is 0 Å². The maximum atomic E-state index is 13.5. The molecular formula is C14H20FN3O. The summed E-state index contributed by atoms with van der Waals surface area (Å²) < 4.78 is 13.5. The third-order valence-electron chi connectivity index (χ3n) is 3.60. The van der Waals surface area contributed by atoms with Crippen LogP contribution >= 0.6 is 0 Å². The third-order valence-corrected chi connectivity index (χ3v) is 3.60. The predicted octanol–water partition coefficient (Wildman–Crippen LogP) is 1.48. The van der Waals surface area contributed by atoms with Gasteiger partial charge in [-0.15, -0.1) is 0 Å². The van der Waals surface area contributed by atoms with E-state index >= 15 is 0 Å². The highest BCUT2D eigenvalue weighted by atomic mass is 19.1. The minimum absolute atomic E-state index is 0.0188. The summed E-state index contributed by atoms with van der Waals surface area (Å²) in [5, 5.41) is 2.79. The lowest BCUT2D eigenvalue weighted by Crippen LogP contribution is -2.31. The van der Waals surface area contributed by atoms with Crippen LogP contribution < -0.4 is 11.1 Å². The van der Waals surface area contributed by atoms with Crippen LogP contribution in [0.25, 0.3) is 0 Å². The zero-order valence-corrected chi connectivity index (χ0v) is 11.2. The number of rotatable bonds is 4. The molecule has 2 rings (SSSR count). The molecule has 1 atom stereocenters. The van der Waals surface area contributed by atoms with Crippen LogP contribution in [-0.2, 0) is 0 Å². The van der Waals surface area contributed by atoms with Crippen molar-refractivity contribution in [3.05, 3.63) is 29.6 Å². The molecule has 3 N–H and O–H groups in total. The second kappa shape index (κ2) is 6.02. The van der Waals surface area contributed by atoms with E-state index in [1.54, 1.807) is 0 Å². The van der Waals surface area contributed by atoms with Crippen molar-refractivity contribution < 1.29 is 9.18 Å². The Morgan fingerprint density at radius 1 is 1.58 bits per heavy atom. The second-order valence-electron chi connectivity index (χ2n) is 5.00. The summed E-state index contributed by atoms with van der Waals surface area (Å²) in [6.07, 6.45) is 1.08. The molecule has 4 nitrogen and oxygen atoms in total. The van der Waals surface area contributed by atoms with E-state index < -0.39 is 5.82 Å². The van der Waals surface area contributed by atoms with Crippen molar-refractivity contribution in [2.75, 3.05) is 31.9 Å². The first-order chi connectivity index (χ1) is 9.10. The molecule has 1 aromatic rings. The van der Waals surface area contributed by atoms with Crippen molar-refractivity contribution in [2.45, 2.75) is 13.3 Å². The largest absolute Gasteiger partial charge is 0.399 e. The number of likely N-dealkylation sites (tertiary alicyclic amines) is 1. The molecule has 0 aromatic heterocycles. The van der Waals surface area contributed by atoms with Crippen molar-refractivity contribution in [1.82, 2.24) is 10.2 Å². The number of nitrogens with two attached hydrogens (primary N) is 1.